The molecule has 0 atom stereocenters. The van der Waals surface area contributed by atoms with Crippen LogP contribution in [0, 0.1) is 13.8 Å². The molecule has 0 aromatic carbocycles. The molecule has 0 unspecified atom stereocenters. The van der Waals surface area contributed by atoms with Gasteiger partial charge >= 0.3 is 7.12 Å². The van der Waals surface area contributed by atoms with Gasteiger partial charge in [-0.25, -0.2) is 0 Å². The lowest BCUT2D eigenvalue weighted by Crippen LogP contribution is -2.17. The number of aromatic nitrogens is 1. The van der Waals surface area contributed by atoms with Crippen molar-refractivity contribution in [1.29, 1.82) is 0 Å². The maximum absolute atomic E-state index is 13.6. The van der Waals surface area contributed by atoms with Crippen LogP contribution in [0.5, 0.6) is 0 Å². The molecule has 18 heavy (non-hydrogen) atoms. The van der Waals surface area contributed by atoms with Crippen molar-refractivity contribution in [2.45, 2.75) is 20.7 Å². The summed E-state index contributed by atoms with van der Waals surface area (Å²) in [5.41, 5.74) is 10.0. The Balaban J connectivity index is 2.44. The Morgan fingerprint density at radius 1 is 1.44 bits per heavy atom. The maximum atomic E-state index is 13.6. The smallest absolute Gasteiger partial charge is 0.360 e. The molecule has 0 saturated heterocycles. The van der Waals surface area contributed by atoms with E-state index in [2.05, 4.69) is 4.99 Å². The van der Waals surface area contributed by atoms with E-state index in [9.17, 15) is 4.32 Å². The standard InChI is InChI=1S/C13H17BFN3/c1-9-6-10(2)18(14(3)15)13(9)7-11-4-5-12(8-16)17-11/h4-7H,8,16H2,1-3H3/b11-7-. The van der Waals surface area contributed by atoms with Gasteiger partial charge in [0.2, 0.25) is 0 Å². The van der Waals surface area contributed by atoms with Crippen LogP contribution in [-0.4, -0.2) is 23.9 Å². The molecule has 94 valence electrons. The zero-order valence-corrected chi connectivity index (χ0v) is 10.9. The number of nitrogens with zero attached hydrogens (tertiary/aromatic N) is 2. The van der Waals surface area contributed by atoms with E-state index in [0.717, 1.165) is 28.4 Å². The number of halogens is 1. The van der Waals surface area contributed by atoms with E-state index in [1.807, 2.05) is 38.1 Å². The molecule has 0 radical (unpaired) electrons. The lowest BCUT2D eigenvalue weighted by Gasteiger charge is -2.08. The highest BCUT2D eigenvalue weighted by molar-refractivity contribution is 6.48. The van der Waals surface area contributed by atoms with Gasteiger partial charge in [0.25, 0.3) is 0 Å². The molecule has 0 fully saturated rings. The van der Waals surface area contributed by atoms with Crippen LogP contribution in [0.25, 0.3) is 6.08 Å². The molecule has 1 aliphatic heterocycles. The Kier molecular flexibility index (Phi) is 3.52. The maximum Gasteiger partial charge on any atom is 0.462 e. The number of aryl methyl sites for hydroxylation is 2. The minimum atomic E-state index is -1.05. The van der Waals surface area contributed by atoms with Crippen LogP contribution in [-0.2, 0) is 0 Å². The van der Waals surface area contributed by atoms with Crippen LogP contribution in [0.4, 0.5) is 4.32 Å². The Morgan fingerprint density at radius 2 is 2.17 bits per heavy atom. The molecule has 5 heteroatoms. The van der Waals surface area contributed by atoms with Crippen LogP contribution in [0.3, 0.4) is 0 Å². The SMILES string of the molecule is CB(F)n1c(C)cc(C)c1/C=C1/C=CC(CN)=N1. The Bertz CT molecular complexity index is 553. The summed E-state index contributed by atoms with van der Waals surface area (Å²) >= 11 is 0. The highest BCUT2D eigenvalue weighted by Crippen LogP contribution is 2.21. The van der Waals surface area contributed by atoms with Crippen molar-refractivity contribution in [2.75, 3.05) is 6.54 Å². The van der Waals surface area contributed by atoms with E-state index in [1.54, 1.807) is 4.48 Å². The molecule has 0 bridgehead atoms. The van der Waals surface area contributed by atoms with Crippen LogP contribution in [0.15, 0.2) is 28.9 Å². The molecule has 3 nitrogen and oxygen atoms in total. The monoisotopic (exact) mass is 245 g/mol. The van der Waals surface area contributed by atoms with E-state index in [-0.39, 0.29) is 0 Å². The summed E-state index contributed by atoms with van der Waals surface area (Å²) in [5.74, 6) is 0. The predicted molar refractivity (Wildman–Crippen MR) is 75.6 cm³/mol. The number of rotatable bonds is 3. The molecular formula is C13H17BFN3. The van der Waals surface area contributed by atoms with Gasteiger partial charge in [0.15, 0.2) is 0 Å². The fourth-order valence-electron chi connectivity index (χ4n) is 2.25. The molecule has 1 aliphatic rings. The minimum absolute atomic E-state index is 0.423. The predicted octanol–water partition coefficient (Wildman–Crippen LogP) is 2.35. The average Bonchev–Trinajstić information content (AvgIpc) is 2.85. The first-order valence-corrected chi connectivity index (χ1v) is 6.03. The highest BCUT2D eigenvalue weighted by atomic mass is 19.1. The topological polar surface area (TPSA) is 43.3 Å². The van der Waals surface area contributed by atoms with Gasteiger partial charge in [0.1, 0.15) is 0 Å². The van der Waals surface area contributed by atoms with Crippen LogP contribution >= 0.6 is 0 Å². The lowest BCUT2D eigenvalue weighted by atomic mass is 9.90. The first-order valence-electron chi connectivity index (χ1n) is 6.03. The van der Waals surface area contributed by atoms with E-state index in [0.29, 0.717) is 6.54 Å². The van der Waals surface area contributed by atoms with Crippen molar-refractivity contribution in [2.24, 2.45) is 10.7 Å². The van der Waals surface area contributed by atoms with Gasteiger partial charge in [-0.3, -0.25) is 4.99 Å². The van der Waals surface area contributed by atoms with Gasteiger partial charge in [0.05, 0.1) is 11.4 Å². The number of hydrogen-bond acceptors (Lipinski definition) is 2. The summed E-state index contributed by atoms with van der Waals surface area (Å²) < 4.78 is 15.3. The van der Waals surface area contributed by atoms with Gasteiger partial charge < -0.3 is 14.5 Å². The van der Waals surface area contributed by atoms with Crippen LogP contribution in [0.2, 0.25) is 6.82 Å². The lowest BCUT2D eigenvalue weighted by molar-refractivity contribution is 0.789. The van der Waals surface area contributed by atoms with Crippen LogP contribution in [0.1, 0.15) is 17.0 Å². The number of allylic oxidation sites excluding steroid dienone is 1. The minimum Gasteiger partial charge on any atom is -0.360 e. The fraction of sp³-hybridized carbons (Fsp3) is 0.308. The van der Waals surface area contributed by atoms with E-state index < -0.39 is 7.12 Å². The van der Waals surface area contributed by atoms with Crippen molar-refractivity contribution in [3.05, 3.63) is 40.9 Å². The fourth-order valence-corrected chi connectivity index (χ4v) is 2.25. The van der Waals surface area contributed by atoms with Gasteiger partial charge in [0, 0.05) is 17.9 Å². The number of aliphatic imine (C=N–C) groups is 1. The molecule has 2 heterocycles. The molecule has 2 rings (SSSR count). The highest BCUT2D eigenvalue weighted by Gasteiger charge is 2.17. The van der Waals surface area contributed by atoms with Crippen molar-refractivity contribution >= 4 is 18.9 Å². The second-order valence-electron chi connectivity index (χ2n) is 4.51. The number of hydrogen-bond donors (Lipinski definition) is 1. The third-order valence-corrected chi connectivity index (χ3v) is 3.04. The zero-order valence-electron chi connectivity index (χ0n) is 10.9. The van der Waals surface area contributed by atoms with Crippen molar-refractivity contribution in [1.82, 2.24) is 4.48 Å². The molecule has 1 aromatic heterocycles. The van der Waals surface area contributed by atoms with Crippen molar-refractivity contribution < 1.29 is 4.32 Å². The Morgan fingerprint density at radius 3 is 2.72 bits per heavy atom. The average molecular weight is 245 g/mol. The summed E-state index contributed by atoms with van der Waals surface area (Å²) in [6.07, 6.45) is 5.69. The van der Waals surface area contributed by atoms with E-state index in [4.69, 9.17) is 5.73 Å². The molecule has 2 N–H and O–H groups in total. The Labute approximate surface area is 107 Å². The first kappa shape index (κ1) is 12.8. The molecule has 1 aromatic rings. The summed E-state index contributed by atoms with van der Waals surface area (Å²) in [4.78, 5) is 4.36. The summed E-state index contributed by atoms with van der Waals surface area (Å²) in [5, 5.41) is 0. The van der Waals surface area contributed by atoms with Crippen molar-refractivity contribution in [3.63, 3.8) is 0 Å². The van der Waals surface area contributed by atoms with Gasteiger partial charge in [-0.05, 0) is 50.5 Å². The second kappa shape index (κ2) is 4.94. The normalized spacial score (nSPS) is 16.5. The third-order valence-electron chi connectivity index (χ3n) is 3.04. The summed E-state index contributed by atoms with van der Waals surface area (Å²) in [6, 6.07) is 1.98. The van der Waals surface area contributed by atoms with Crippen LogP contribution < -0.4 is 5.73 Å². The molecule has 0 aliphatic carbocycles. The van der Waals surface area contributed by atoms with Gasteiger partial charge in [-0.1, -0.05) is 0 Å². The molecule has 0 spiro atoms. The van der Waals surface area contributed by atoms with Gasteiger partial charge in [-0.2, -0.15) is 0 Å². The second-order valence-corrected chi connectivity index (χ2v) is 4.51. The molecule has 0 saturated carbocycles. The van der Waals surface area contributed by atoms with Gasteiger partial charge in [-0.15, -0.1) is 0 Å². The molecular weight excluding hydrogens is 228 g/mol. The zero-order chi connectivity index (χ0) is 13.3. The van der Waals surface area contributed by atoms with Crippen molar-refractivity contribution in [3.8, 4) is 0 Å². The molecule has 0 amide bonds. The van der Waals surface area contributed by atoms with E-state index in [1.165, 1.54) is 6.82 Å². The third kappa shape index (κ3) is 2.31. The Hall–Kier alpha value is -1.62. The quantitative estimate of drug-likeness (QED) is 0.816. The largest absolute Gasteiger partial charge is 0.462 e. The first-order chi connectivity index (χ1) is 8.52. The number of nitrogens with two attached hydrogens (primary N) is 1. The van der Waals surface area contributed by atoms with E-state index >= 15 is 0 Å². The summed E-state index contributed by atoms with van der Waals surface area (Å²) in [6.45, 7) is 5.84. The summed E-state index contributed by atoms with van der Waals surface area (Å²) in [7, 11) is -1.05.